The summed E-state index contributed by atoms with van der Waals surface area (Å²) in [5.41, 5.74) is 0. The SMILES string of the molecule is CC/C=C\C/C=C\C/C=C\C/C=C\CCCCC(=O)O[C@H](CO/C=C\CCCCCCCCCCCCCCCC)COP(=O)([O-])OCC[N+](C)(C)C. The van der Waals surface area contributed by atoms with E-state index in [1.54, 1.807) is 6.26 Å². The molecule has 0 saturated heterocycles. The molecule has 0 aliphatic carbocycles. The number of likely N-dealkylation sites (N-methyl/N-ethyl adjacent to an activating group) is 1. The standard InChI is InChI=1S/C44H80NO7P/c1-6-8-10-12-14-16-18-20-22-24-26-28-30-32-34-36-39-49-41-43(42-51-53(47,48)50-40-38-45(3,4)5)52-44(46)37-35-33-31-29-27-25-23-21-19-17-15-13-11-9-7-2/h9,11,15,17,21,23,27,29,36,39,43H,6-8,10,12-14,16,18-20,22,24-26,28,30-35,37-38,40-42H2,1-5H3/b11-9-,17-15-,23-21-,29-27-,39-36-/t43-/m1/s1. The molecule has 9 heteroatoms. The number of esters is 1. The lowest BCUT2D eigenvalue weighted by atomic mass is 10.0. The van der Waals surface area contributed by atoms with Crippen LogP contribution in [0.3, 0.4) is 0 Å². The first kappa shape index (κ1) is 51.0. The topological polar surface area (TPSA) is 94.1 Å². The smallest absolute Gasteiger partial charge is 0.306 e. The maximum Gasteiger partial charge on any atom is 0.306 e. The van der Waals surface area contributed by atoms with Crippen LogP contribution in [0.25, 0.3) is 0 Å². The Balaban J connectivity index is 4.39. The van der Waals surface area contributed by atoms with Gasteiger partial charge in [-0.3, -0.25) is 9.36 Å². The predicted octanol–water partition coefficient (Wildman–Crippen LogP) is 11.9. The highest BCUT2D eigenvalue weighted by Gasteiger charge is 2.20. The van der Waals surface area contributed by atoms with E-state index in [1.807, 2.05) is 27.2 Å². The van der Waals surface area contributed by atoms with Gasteiger partial charge in [0.25, 0.3) is 7.82 Å². The summed E-state index contributed by atoms with van der Waals surface area (Å²) in [6, 6.07) is 0. The van der Waals surface area contributed by atoms with Crippen molar-refractivity contribution >= 4 is 13.8 Å². The number of quaternary nitrogens is 1. The highest BCUT2D eigenvalue weighted by molar-refractivity contribution is 7.45. The molecule has 0 heterocycles. The van der Waals surface area contributed by atoms with Crippen LogP contribution < -0.4 is 4.89 Å². The molecular formula is C44H80NO7P. The van der Waals surface area contributed by atoms with E-state index in [2.05, 4.69) is 62.5 Å². The zero-order chi connectivity index (χ0) is 39.1. The van der Waals surface area contributed by atoms with Crippen LogP contribution in [0.1, 0.15) is 162 Å². The van der Waals surface area contributed by atoms with E-state index in [0.717, 1.165) is 51.4 Å². The van der Waals surface area contributed by atoms with Crippen molar-refractivity contribution in [3.63, 3.8) is 0 Å². The fourth-order valence-corrected chi connectivity index (χ4v) is 6.11. The normalized spacial score (nSPS) is 14.4. The number of phosphoric acid groups is 1. The van der Waals surface area contributed by atoms with Gasteiger partial charge in [0.1, 0.15) is 19.8 Å². The maximum atomic E-state index is 12.6. The molecule has 53 heavy (non-hydrogen) atoms. The van der Waals surface area contributed by atoms with Crippen LogP contribution in [0.4, 0.5) is 0 Å². The van der Waals surface area contributed by atoms with Crippen molar-refractivity contribution < 1.29 is 37.3 Å². The number of allylic oxidation sites excluding steroid dienone is 9. The Labute approximate surface area is 326 Å². The van der Waals surface area contributed by atoms with Crippen molar-refractivity contribution in [3.8, 4) is 0 Å². The molecule has 0 fully saturated rings. The molecule has 1 unspecified atom stereocenters. The lowest BCUT2D eigenvalue weighted by Crippen LogP contribution is -2.37. The molecule has 0 spiro atoms. The van der Waals surface area contributed by atoms with E-state index in [4.69, 9.17) is 18.5 Å². The first-order valence-electron chi connectivity index (χ1n) is 21.1. The zero-order valence-corrected chi connectivity index (χ0v) is 35.6. The highest BCUT2D eigenvalue weighted by atomic mass is 31.2. The summed E-state index contributed by atoms with van der Waals surface area (Å²) < 4.78 is 34.2. The Kier molecular flexibility index (Phi) is 35.6. The van der Waals surface area contributed by atoms with Crippen molar-refractivity contribution in [2.45, 2.75) is 168 Å². The van der Waals surface area contributed by atoms with Crippen LogP contribution in [0.5, 0.6) is 0 Å². The van der Waals surface area contributed by atoms with E-state index in [-0.39, 0.29) is 26.2 Å². The first-order chi connectivity index (χ1) is 25.6. The maximum absolute atomic E-state index is 12.6. The second-order valence-electron chi connectivity index (χ2n) is 15.0. The number of hydrogen-bond donors (Lipinski definition) is 0. The molecule has 0 saturated carbocycles. The first-order valence-corrected chi connectivity index (χ1v) is 22.5. The number of unbranched alkanes of at least 4 members (excludes halogenated alkanes) is 16. The van der Waals surface area contributed by atoms with Crippen LogP contribution in [-0.2, 0) is 27.9 Å². The van der Waals surface area contributed by atoms with E-state index in [1.165, 1.54) is 83.5 Å². The van der Waals surface area contributed by atoms with Gasteiger partial charge in [-0.1, -0.05) is 146 Å². The predicted molar refractivity (Wildman–Crippen MR) is 221 cm³/mol. The number of phosphoric ester groups is 1. The summed E-state index contributed by atoms with van der Waals surface area (Å²) in [5, 5.41) is 0. The van der Waals surface area contributed by atoms with Gasteiger partial charge in [0.2, 0.25) is 0 Å². The highest BCUT2D eigenvalue weighted by Crippen LogP contribution is 2.38. The molecule has 0 aliphatic rings. The van der Waals surface area contributed by atoms with Crippen LogP contribution >= 0.6 is 7.82 Å². The average Bonchev–Trinajstić information content (AvgIpc) is 3.11. The van der Waals surface area contributed by atoms with Crippen molar-refractivity contribution in [2.24, 2.45) is 0 Å². The van der Waals surface area contributed by atoms with E-state index in [9.17, 15) is 14.3 Å². The summed E-state index contributed by atoms with van der Waals surface area (Å²) in [7, 11) is 1.29. The third kappa shape index (κ3) is 41.1. The second-order valence-corrected chi connectivity index (χ2v) is 16.4. The second kappa shape index (κ2) is 37.0. The molecule has 2 atom stereocenters. The summed E-state index contributed by atoms with van der Waals surface area (Å²) in [6.45, 7) is 4.56. The number of carbonyl (C=O) groups excluding carboxylic acids is 1. The third-order valence-corrected chi connectivity index (χ3v) is 9.61. The minimum absolute atomic E-state index is 0.00180. The van der Waals surface area contributed by atoms with Gasteiger partial charge in [-0.05, 0) is 63.9 Å². The molecule has 0 aromatic carbocycles. The summed E-state index contributed by atoms with van der Waals surface area (Å²) in [6.07, 6.45) is 46.2. The van der Waals surface area contributed by atoms with Gasteiger partial charge in [-0.15, -0.1) is 0 Å². The van der Waals surface area contributed by atoms with Crippen LogP contribution in [0.15, 0.2) is 60.9 Å². The lowest BCUT2D eigenvalue weighted by molar-refractivity contribution is -0.870. The average molecular weight is 766 g/mol. The Morgan fingerprint density at radius 2 is 1.11 bits per heavy atom. The van der Waals surface area contributed by atoms with Gasteiger partial charge >= 0.3 is 5.97 Å². The molecule has 0 amide bonds. The number of rotatable bonds is 38. The molecule has 8 nitrogen and oxygen atoms in total. The Morgan fingerprint density at radius 1 is 0.623 bits per heavy atom. The molecule has 0 aromatic rings. The summed E-state index contributed by atoms with van der Waals surface area (Å²) >= 11 is 0. The van der Waals surface area contributed by atoms with Crippen LogP contribution in [0, 0.1) is 0 Å². The van der Waals surface area contributed by atoms with E-state index in [0.29, 0.717) is 17.4 Å². The van der Waals surface area contributed by atoms with Crippen molar-refractivity contribution in [2.75, 3.05) is 47.5 Å². The number of hydrogen-bond acceptors (Lipinski definition) is 7. The zero-order valence-electron chi connectivity index (χ0n) is 34.7. The Morgan fingerprint density at radius 3 is 1.66 bits per heavy atom. The van der Waals surface area contributed by atoms with Crippen LogP contribution in [0.2, 0.25) is 0 Å². The quantitative estimate of drug-likeness (QED) is 0.0154. The van der Waals surface area contributed by atoms with Gasteiger partial charge in [-0.2, -0.15) is 0 Å². The molecule has 0 aromatic heterocycles. The lowest BCUT2D eigenvalue weighted by Gasteiger charge is -2.28. The molecule has 0 rings (SSSR count). The molecular weight excluding hydrogens is 685 g/mol. The van der Waals surface area contributed by atoms with Gasteiger partial charge in [0.15, 0.2) is 6.10 Å². The molecule has 0 aliphatic heterocycles. The Hall–Kier alpha value is -1.96. The summed E-state index contributed by atoms with van der Waals surface area (Å²) in [5.74, 6) is -0.398. The van der Waals surface area contributed by atoms with Gasteiger partial charge in [0.05, 0.1) is 34.0 Å². The van der Waals surface area contributed by atoms with E-state index >= 15 is 0 Å². The fourth-order valence-electron chi connectivity index (χ4n) is 5.38. The third-order valence-electron chi connectivity index (χ3n) is 8.65. The summed E-state index contributed by atoms with van der Waals surface area (Å²) in [4.78, 5) is 25.0. The van der Waals surface area contributed by atoms with Crippen molar-refractivity contribution in [1.82, 2.24) is 0 Å². The Bertz CT molecular complexity index is 1030. The minimum Gasteiger partial charge on any atom is -0.756 e. The van der Waals surface area contributed by atoms with Crippen molar-refractivity contribution in [3.05, 3.63) is 60.9 Å². The molecule has 0 radical (unpaired) electrons. The number of carbonyl (C=O) groups is 1. The monoisotopic (exact) mass is 766 g/mol. The van der Waals surface area contributed by atoms with E-state index < -0.39 is 19.9 Å². The minimum atomic E-state index is -4.55. The van der Waals surface area contributed by atoms with Gasteiger partial charge in [-0.25, -0.2) is 0 Å². The largest absolute Gasteiger partial charge is 0.756 e. The molecule has 0 bridgehead atoms. The van der Waals surface area contributed by atoms with Gasteiger partial charge in [0, 0.05) is 6.42 Å². The fraction of sp³-hybridized carbons (Fsp3) is 0.750. The molecule has 308 valence electrons. The number of ether oxygens (including phenoxy) is 2. The molecule has 0 N–H and O–H groups in total. The van der Waals surface area contributed by atoms with Crippen molar-refractivity contribution in [1.29, 1.82) is 0 Å². The van der Waals surface area contributed by atoms with Gasteiger partial charge < -0.3 is 27.9 Å². The number of nitrogens with zero attached hydrogens (tertiary/aromatic N) is 1. The van der Waals surface area contributed by atoms with Crippen LogP contribution in [-0.4, -0.2) is 64.1 Å².